The second-order valence-corrected chi connectivity index (χ2v) is 5.99. The molecule has 3 saturated carbocycles. The van der Waals surface area contributed by atoms with E-state index < -0.39 is 18.0 Å². The molecule has 18 heavy (non-hydrogen) atoms. The number of nitrogens with zero attached hydrogens (tertiary/aromatic N) is 1. The van der Waals surface area contributed by atoms with Crippen LogP contribution in [0.2, 0.25) is 0 Å². The molecule has 4 aliphatic rings. The monoisotopic (exact) mass is 251 g/mol. The SMILES string of the molecule is O=C(OC1CC23CC2(C1)C3)ON1C(=O)CCC1=O. The van der Waals surface area contributed by atoms with Crippen molar-refractivity contribution < 1.29 is 24.0 Å². The molecule has 0 aromatic rings. The Balaban J connectivity index is 1.32. The van der Waals surface area contributed by atoms with Crippen LogP contribution in [-0.2, 0) is 19.2 Å². The van der Waals surface area contributed by atoms with E-state index in [1.807, 2.05) is 0 Å². The van der Waals surface area contributed by atoms with Crippen LogP contribution in [0.1, 0.15) is 38.5 Å². The first-order chi connectivity index (χ1) is 8.54. The average Bonchev–Trinajstić information content (AvgIpc) is 2.94. The maximum absolute atomic E-state index is 11.5. The van der Waals surface area contributed by atoms with Gasteiger partial charge in [0.15, 0.2) is 0 Å². The minimum Gasteiger partial charge on any atom is -0.429 e. The lowest BCUT2D eigenvalue weighted by Gasteiger charge is -2.20. The maximum atomic E-state index is 11.5. The Morgan fingerprint density at radius 2 is 1.67 bits per heavy atom. The predicted molar refractivity (Wildman–Crippen MR) is 55.8 cm³/mol. The number of amides is 2. The third-order valence-corrected chi connectivity index (χ3v) is 4.90. The fourth-order valence-corrected chi connectivity index (χ4v) is 3.79. The third kappa shape index (κ3) is 1.20. The van der Waals surface area contributed by atoms with Crippen LogP contribution in [0.5, 0.6) is 0 Å². The molecule has 0 spiro atoms. The molecule has 0 N–H and O–H groups in total. The Morgan fingerprint density at radius 3 is 2.22 bits per heavy atom. The second kappa shape index (κ2) is 2.87. The summed E-state index contributed by atoms with van der Waals surface area (Å²) in [5.74, 6) is -0.961. The van der Waals surface area contributed by atoms with Crippen LogP contribution in [0.3, 0.4) is 0 Å². The van der Waals surface area contributed by atoms with Crippen molar-refractivity contribution in [1.29, 1.82) is 0 Å². The van der Waals surface area contributed by atoms with Gasteiger partial charge < -0.3 is 4.74 Å². The van der Waals surface area contributed by atoms with Crippen LogP contribution in [0.4, 0.5) is 4.79 Å². The van der Waals surface area contributed by atoms with E-state index in [0.29, 0.717) is 15.9 Å². The van der Waals surface area contributed by atoms with E-state index in [1.165, 1.54) is 12.8 Å². The molecular weight excluding hydrogens is 238 g/mol. The van der Waals surface area contributed by atoms with E-state index in [-0.39, 0.29) is 18.9 Å². The molecule has 0 unspecified atom stereocenters. The highest BCUT2D eigenvalue weighted by Gasteiger charge is 2.86. The maximum Gasteiger partial charge on any atom is 0.534 e. The van der Waals surface area contributed by atoms with Gasteiger partial charge in [-0.25, -0.2) is 4.79 Å². The van der Waals surface area contributed by atoms with E-state index >= 15 is 0 Å². The van der Waals surface area contributed by atoms with Crippen molar-refractivity contribution in [3.05, 3.63) is 0 Å². The minimum absolute atomic E-state index is 0.0990. The van der Waals surface area contributed by atoms with Gasteiger partial charge in [0.05, 0.1) is 0 Å². The standard InChI is InChI=1S/C12H13NO5/c14-8-1-2-9(15)13(8)18-10(16)17-7-3-11-5-12(11,4-7)6-11/h7H,1-6H2. The first kappa shape index (κ1) is 10.3. The number of imide groups is 1. The summed E-state index contributed by atoms with van der Waals surface area (Å²) in [5.41, 5.74) is 0.939. The molecule has 1 saturated heterocycles. The van der Waals surface area contributed by atoms with Gasteiger partial charge in [0.1, 0.15) is 6.10 Å². The van der Waals surface area contributed by atoms with Crippen LogP contribution >= 0.6 is 0 Å². The zero-order valence-electron chi connectivity index (χ0n) is 9.81. The van der Waals surface area contributed by atoms with Crippen molar-refractivity contribution in [3.63, 3.8) is 0 Å². The van der Waals surface area contributed by atoms with Gasteiger partial charge in [0.25, 0.3) is 11.8 Å². The molecule has 1 heterocycles. The highest BCUT2D eigenvalue weighted by Crippen LogP contribution is 2.93. The molecule has 0 aromatic carbocycles. The van der Waals surface area contributed by atoms with Gasteiger partial charge >= 0.3 is 6.16 Å². The first-order valence-corrected chi connectivity index (χ1v) is 6.28. The Hall–Kier alpha value is -1.59. The predicted octanol–water partition coefficient (Wildman–Crippen LogP) is 1.15. The van der Waals surface area contributed by atoms with Crippen molar-refractivity contribution in [2.24, 2.45) is 10.8 Å². The lowest BCUT2D eigenvalue weighted by Crippen LogP contribution is -2.34. The zero-order valence-corrected chi connectivity index (χ0v) is 9.81. The van der Waals surface area contributed by atoms with Gasteiger partial charge in [0.2, 0.25) is 0 Å². The highest BCUT2D eigenvalue weighted by atomic mass is 16.8. The topological polar surface area (TPSA) is 72.9 Å². The quantitative estimate of drug-likeness (QED) is 0.543. The van der Waals surface area contributed by atoms with E-state index in [1.54, 1.807) is 0 Å². The summed E-state index contributed by atoms with van der Waals surface area (Å²) in [4.78, 5) is 38.7. The van der Waals surface area contributed by atoms with Gasteiger partial charge in [-0.05, 0) is 36.5 Å². The van der Waals surface area contributed by atoms with Gasteiger partial charge in [-0.15, -0.1) is 0 Å². The summed E-state index contributed by atoms with van der Waals surface area (Å²) in [6.45, 7) is 0. The van der Waals surface area contributed by atoms with Gasteiger partial charge in [-0.2, -0.15) is 0 Å². The van der Waals surface area contributed by atoms with Gasteiger partial charge in [-0.1, -0.05) is 5.06 Å². The fraction of sp³-hybridized carbons (Fsp3) is 0.750. The number of hydrogen-bond donors (Lipinski definition) is 0. The first-order valence-electron chi connectivity index (χ1n) is 6.28. The average molecular weight is 251 g/mol. The number of ether oxygens (including phenoxy) is 1. The molecule has 4 rings (SSSR count). The fourth-order valence-electron chi connectivity index (χ4n) is 3.79. The number of hydroxylamine groups is 2. The summed E-state index contributed by atoms with van der Waals surface area (Å²) in [7, 11) is 0. The van der Waals surface area contributed by atoms with Crippen LogP contribution in [0, 0.1) is 10.8 Å². The minimum atomic E-state index is -0.933. The lowest BCUT2D eigenvalue weighted by molar-refractivity contribution is -0.178. The summed E-state index contributed by atoms with van der Waals surface area (Å²) in [5, 5.41) is 0.523. The molecule has 96 valence electrons. The number of carbonyl (C=O) groups is 3. The molecule has 6 nitrogen and oxygen atoms in total. The second-order valence-electron chi connectivity index (χ2n) is 5.99. The van der Waals surface area contributed by atoms with E-state index in [2.05, 4.69) is 4.84 Å². The van der Waals surface area contributed by atoms with Crippen LogP contribution in [0.25, 0.3) is 0 Å². The third-order valence-electron chi connectivity index (χ3n) is 4.90. The Labute approximate surface area is 103 Å². The molecule has 0 atom stereocenters. The van der Waals surface area contributed by atoms with Crippen molar-refractivity contribution in [3.8, 4) is 0 Å². The summed E-state index contributed by atoms with van der Waals surface area (Å²) < 4.78 is 5.15. The number of rotatable bonds is 2. The van der Waals surface area contributed by atoms with E-state index in [4.69, 9.17) is 4.74 Å². The van der Waals surface area contributed by atoms with Crippen molar-refractivity contribution in [1.82, 2.24) is 5.06 Å². The summed E-state index contributed by atoms with van der Waals surface area (Å²) in [6.07, 6.45) is 3.53. The lowest BCUT2D eigenvalue weighted by atomic mass is 9.98. The normalized spacial score (nSPS) is 43.6. The smallest absolute Gasteiger partial charge is 0.429 e. The van der Waals surface area contributed by atoms with Crippen LogP contribution in [0.15, 0.2) is 0 Å². The van der Waals surface area contributed by atoms with Crippen LogP contribution < -0.4 is 0 Å². The molecule has 4 fully saturated rings. The largest absolute Gasteiger partial charge is 0.534 e. The Morgan fingerprint density at radius 1 is 1.11 bits per heavy atom. The van der Waals surface area contributed by atoms with Crippen molar-refractivity contribution in [2.45, 2.75) is 44.6 Å². The van der Waals surface area contributed by atoms with E-state index in [9.17, 15) is 14.4 Å². The zero-order chi connectivity index (χ0) is 12.5. The van der Waals surface area contributed by atoms with Crippen LogP contribution in [-0.4, -0.2) is 29.1 Å². The molecule has 6 heteroatoms. The van der Waals surface area contributed by atoms with Gasteiger partial charge in [-0.3, -0.25) is 14.4 Å². The molecule has 0 aromatic heterocycles. The molecule has 2 amide bonds. The molecule has 3 aliphatic carbocycles. The molecule has 0 bridgehead atoms. The molecule has 1 aliphatic heterocycles. The molecule has 0 radical (unpaired) electrons. The summed E-state index contributed by atoms with van der Waals surface area (Å²) in [6, 6.07) is 0. The van der Waals surface area contributed by atoms with Gasteiger partial charge in [0, 0.05) is 12.8 Å². The van der Waals surface area contributed by atoms with Crippen molar-refractivity contribution in [2.75, 3.05) is 0 Å². The summed E-state index contributed by atoms with van der Waals surface area (Å²) >= 11 is 0. The Bertz CT molecular complexity index is 447. The number of hydrogen-bond acceptors (Lipinski definition) is 5. The van der Waals surface area contributed by atoms with E-state index in [0.717, 1.165) is 12.8 Å². The van der Waals surface area contributed by atoms with Crippen molar-refractivity contribution >= 4 is 18.0 Å². The number of carbonyl (C=O) groups excluding carboxylic acids is 3. The Kier molecular flexibility index (Phi) is 1.65. The highest BCUT2D eigenvalue weighted by molar-refractivity contribution is 6.01. The molecular formula is C12H13NO5.